The molecule has 0 aliphatic carbocycles. The van der Waals surface area contributed by atoms with E-state index in [1.165, 1.54) is 27.9 Å². The van der Waals surface area contributed by atoms with E-state index in [0.29, 0.717) is 0 Å². The van der Waals surface area contributed by atoms with E-state index in [4.69, 9.17) is 1.37 Å². The average Bonchev–Trinajstić information content (AvgIpc) is 2.68. The van der Waals surface area contributed by atoms with Gasteiger partial charge in [0.15, 0.2) is 6.20 Å². The van der Waals surface area contributed by atoms with Gasteiger partial charge < -0.3 is 0 Å². The molecular formula is C26H32N+. The first kappa shape index (κ1) is 18.0. The van der Waals surface area contributed by atoms with E-state index >= 15 is 0 Å². The van der Waals surface area contributed by atoms with Crippen molar-refractivity contribution in [3.63, 3.8) is 0 Å². The summed E-state index contributed by atoms with van der Waals surface area (Å²) < 4.78 is 11.2. The molecular weight excluding hydrogens is 326 g/mol. The number of benzene rings is 2. The SMILES string of the molecule is [2H]C(c1ccc(-c2ccc(-c3ccccc3C)[n+](C)c2)cc1)(C(C)C)C(C)C. The van der Waals surface area contributed by atoms with Crippen LogP contribution in [-0.4, -0.2) is 0 Å². The number of aryl methyl sites for hydroxylation is 2. The summed E-state index contributed by atoms with van der Waals surface area (Å²) in [6.07, 6.45) is 2.19. The molecule has 0 radical (unpaired) electrons. The van der Waals surface area contributed by atoms with Crippen LogP contribution in [0.15, 0.2) is 66.9 Å². The summed E-state index contributed by atoms with van der Waals surface area (Å²) in [6, 6.07) is 21.5. The monoisotopic (exact) mass is 359 g/mol. The second kappa shape index (κ2) is 8.08. The molecule has 0 amide bonds. The molecule has 0 bridgehead atoms. The minimum absolute atomic E-state index is 0.268. The van der Waals surface area contributed by atoms with Crippen LogP contribution in [0.3, 0.4) is 0 Å². The maximum atomic E-state index is 9.02. The molecule has 0 aliphatic rings. The van der Waals surface area contributed by atoms with Gasteiger partial charge in [-0.25, -0.2) is 4.57 Å². The van der Waals surface area contributed by atoms with Crippen LogP contribution in [0.2, 0.25) is 0 Å². The van der Waals surface area contributed by atoms with E-state index < -0.39 is 5.89 Å². The number of rotatable bonds is 5. The number of nitrogens with zero attached hydrogens (tertiary/aromatic N) is 1. The summed E-state index contributed by atoms with van der Waals surface area (Å²) in [7, 11) is 2.10. The van der Waals surface area contributed by atoms with Crippen molar-refractivity contribution in [3.05, 3.63) is 78.0 Å². The third kappa shape index (κ3) is 4.13. The molecule has 0 saturated heterocycles. The molecule has 1 aromatic heterocycles. The maximum Gasteiger partial charge on any atom is 0.212 e. The molecule has 1 heteroatoms. The smallest absolute Gasteiger partial charge is 0.200 e. The molecule has 3 rings (SSSR count). The Bertz CT molecular complexity index is 946. The normalized spacial score (nSPS) is 12.5. The van der Waals surface area contributed by atoms with Crippen molar-refractivity contribution < 1.29 is 5.94 Å². The van der Waals surface area contributed by atoms with Crippen LogP contribution >= 0.6 is 0 Å². The molecule has 0 atom stereocenters. The van der Waals surface area contributed by atoms with E-state index in [9.17, 15) is 0 Å². The number of pyridine rings is 1. The van der Waals surface area contributed by atoms with Gasteiger partial charge in [-0.1, -0.05) is 70.2 Å². The van der Waals surface area contributed by atoms with Crippen LogP contribution in [0.25, 0.3) is 22.4 Å². The maximum absolute atomic E-state index is 9.02. The molecule has 1 heterocycles. The van der Waals surface area contributed by atoms with Crippen LogP contribution < -0.4 is 4.57 Å². The number of hydrogen-bond acceptors (Lipinski definition) is 0. The molecule has 0 spiro atoms. The van der Waals surface area contributed by atoms with Crippen LogP contribution in [0, 0.1) is 18.8 Å². The van der Waals surface area contributed by atoms with Crippen LogP contribution in [0.1, 0.15) is 46.1 Å². The minimum atomic E-state index is -0.558. The third-order valence-electron chi connectivity index (χ3n) is 5.35. The van der Waals surface area contributed by atoms with Gasteiger partial charge >= 0.3 is 0 Å². The Morgan fingerprint density at radius 1 is 0.778 bits per heavy atom. The molecule has 0 aliphatic heterocycles. The Morgan fingerprint density at radius 3 is 1.93 bits per heavy atom. The van der Waals surface area contributed by atoms with Crippen molar-refractivity contribution in [1.29, 1.82) is 0 Å². The summed E-state index contributed by atoms with van der Waals surface area (Å²) >= 11 is 0. The van der Waals surface area contributed by atoms with Gasteiger partial charge in [-0.15, -0.1) is 0 Å². The first-order valence-corrected chi connectivity index (χ1v) is 9.91. The topological polar surface area (TPSA) is 3.88 Å². The summed E-state index contributed by atoms with van der Waals surface area (Å²) in [5, 5.41) is 0. The lowest BCUT2D eigenvalue weighted by atomic mass is 9.80. The first-order valence-electron chi connectivity index (χ1n) is 10.4. The summed E-state index contributed by atoms with van der Waals surface area (Å²) in [5.41, 5.74) is 7.23. The highest BCUT2D eigenvalue weighted by Gasteiger charge is 2.20. The predicted octanol–water partition coefficient (Wildman–Crippen LogP) is 6.55. The summed E-state index contributed by atoms with van der Waals surface area (Å²) in [4.78, 5) is 0. The van der Waals surface area contributed by atoms with Crippen LogP contribution in [0.4, 0.5) is 0 Å². The Kier molecular flexibility index (Phi) is 5.38. The van der Waals surface area contributed by atoms with Crippen LogP contribution in [0.5, 0.6) is 0 Å². The Morgan fingerprint density at radius 2 is 1.37 bits per heavy atom. The van der Waals surface area contributed by atoms with Crippen molar-refractivity contribution in [1.82, 2.24) is 0 Å². The van der Waals surface area contributed by atoms with Gasteiger partial charge in [0.05, 0.1) is 0 Å². The van der Waals surface area contributed by atoms with Gasteiger partial charge in [-0.3, -0.25) is 0 Å². The molecule has 3 aromatic rings. The lowest BCUT2D eigenvalue weighted by Gasteiger charge is -2.25. The number of hydrogen-bond donors (Lipinski definition) is 0. The Balaban J connectivity index is 1.95. The third-order valence-corrected chi connectivity index (χ3v) is 5.35. The fourth-order valence-corrected chi connectivity index (χ4v) is 4.11. The highest BCUT2D eigenvalue weighted by molar-refractivity contribution is 5.66. The van der Waals surface area contributed by atoms with Gasteiger partial charge in [-0.2, -0.15) is 0 Å². The lowest BCUT2D eigenvalue weighted by molar-refractivity contribution is -0.659. The second-order valence-corrected chi connectivity index (χ2v) is 8.07. The van der Waals surface area contributed by atoms with Gasteiger partial charge in [0.25, 0.3) is 0 Å². The van der Waals surface area contributed by atoms with Crippen molar-refractivity contribution in [2.45, 2.75) is 40.5 Å². The predicted molar refractivity (Wildman–Crippen MR) is 116 cm³/mol. The van der Waals surface area contributed by atoms with Crippen LogP contribution in [-0.2, 0) is 7.05 Å². The summed E-state index contributed by atoms with van der Waals surface area (Å²) in [6.45, 7) is 10.7. The minimum Gasteiger partial charge on any atom is -0.200 e. The number of aromatic nitrogens is 1. The standard InChI is InChI=1S/C26H32N/c1-18(2)26(19(3)4)22-13-11-21(12-14-22)23-15-16-25(27(6)17-23)24-10-8-7-9-20(24)5/h7-19,26H,1-6H3/q+1/i26D. The Labute approximate surface area is 166 Å². The summed E-state index contributed by atoms with van der Waals surface area (Å²) in [5.74, 6) is -0.0215. The zero-order valence-corrected chi connectivity index (χ0v) is 17.5. The van der Waals surface area contributed by atoms with E-state index in [1.54, 1.807) is 0 Å². The fourth-order valence-electron chi connectivity index (χ4n) is 4.11. The van der Waals surface area contributed by atoms with Gasteiger partial charge in [0.2, 0.25) is 5.69 Å². The fraction of sp³-hybridized carbons (Fsp3) is 0.346. The quantitative estimate of drug-likeness (QED) is 0.455. The largest absolute Gasteiger partial charge is 0.212 e. The zero-order valence-electron chi connectivity index (χ0n) is 18.5. The van der Waals surface area contributed by atoms with Gasteiger partial charge in [0, 0.05) is 18.6 Å². The van der Waals surface area contributed by atoms with E-state index in [2.05, 4.69) is 113 Å². The highest BCUT2D eigenvalue weighted by Crippen LogP contribution is 2.33. The molecule has 0 N–H and O–H groups in total. The van der Waals surface area contributed by atoms with E-state index in [0.717, 1.165) is 5.56 Å². The van der Waals surface area contributed by atoms with E-state index in [1.807, 2.05) is 0 Å². The lowest BCUT2D eigenvalue weighted by Crippen LogP contribution is -2.30. The molecule has 0 unspecified atom stereocenters. The van der Waals surface area contributed by atoms with Crippen molar-refractivity contribution >= 4 is 0 Å². The van der Waals surface area contributed by atoms with E-state index in [-0.39, 0.29) is 11.8 Å². The molecule has 1 nitrogen and oxygen atoms in total. The van der Waals surface area contributed by atoms with Crippen molar-refractivity contribution in [2.75, 3.05) is 0 Å². The molecule has 0 fully saturated rings. The molecule has 27 heavy (non-hydrogen) atoms. The molecule has 140 valence electrons. The second-order valence-electron chi connectivity index (χ2n) is 8.07. The highest BCUT2D eigenvalue weighted by atomic mass is 14.9. The average molecular weight is 360 g/mol. The van der Waals surface area contributed by atoms with Crippen molar-refractivity contribution in [3.8, 4) is 22.4 Å². The molecule has 2 aromatic carbocycles. The first-order chi connectivity index (χ1) is 13.2. The van der Waals surface area contributed by atoms with Gasteiger partial charge in [-0.05, 0) is 53.5 Å². The van der Waals surface area contributed by atoms with Gasteiger partial charge in [0.1, 0.15) is 7.05 Å². The zero-order chi connectivity index (χ0) is 20.5. The Hall–Kier alpha value is -2.41. The van der Waals surface area contributed by atoms with Crippen molar-refractivity contribution in [2.24, 2.45) is 18.9 Å². The molecule has 0 saturated carbocycles.